The van der Waals surface area contributed by atoms with E-state index >= 15 is 0 Å². The topological polar surface area (TPSA) is 37.3 Å². The molecule has 0 atom stereocenters. The van der Waals surface area contributed by atoms with Gasteiger partial charge < -0.3 is 5.11 Å². The Morgan fingerprint density at radius 1 is 0.900 bits per heavy atom. The first-order valence-electron chi connectivity index (χ1n) is 6.48. The molecule has 3 aromatic carbocycles. The summed E-state index contributed by atoms with van der Waals surface area (Å²) in [5, 5.41) is 11.9. The average molecular weight is 262 g/mol. The summed E-state index contributed by atoms with van der Waals surface area (Å²) in [7, 11) is 0. The lowest BCUT2D eigenvalue weighted by Crippen LogP contribution is -2.01. The molecule has 2 heteroatoms. The Kier molecular flexibility index (Phi) is 2.99. The summed E-state index contributed by atoms with van der Waals surface area (Å²) >= 11 is 0. The molecule has 0 radical (unpaired) electrons. The minimum absolute atomic E-state index is 0.0225. The Morgan fingerprint density at radius 2 is 1.50 bits per heavy atom. The number of phenolic OH excluding ortho intramolecular Hbond substituents is 1. The number of aromatic hydroxyl groups is 1. The maximum absolute atomic E-state index is 12.5. The fourth-order valence-electron chi connectivity index (χ4n) is 2.27. The van der Waals surface area contributed by atoms with Gasteiger partial charge >= 0.3 is 0 Å². The molecule has 0 spiro atoms. The van der Waals surface area contributed by atoms with E-state index in [4.69, 9.17) is 0 Å². The third kappa shape index (κ3) is 2.16. The maximum atomic E-state index is 12.5. The first-order chi connectivity index (χ1) is 9.65. The molecule has 0 aliphatic heterocycles. The SMILES string of the molecule is Cc1ccc(C(=O)c2cc3ccccc3cc2O)cc1. The summed E-state index contributed by atoms with van der Waals surface area (Å²) in [6.45, 7) is 1.97. The monoisotopic (exact) mass is 262 g/mol. The number of ketones is 1. The van der Waals surface area contributed by atoms with Crippen molar-refractivity contribution in [1.29, 1.82) is 0 Å². The van der Waals surface area contributed by atoms with Crippen LogP contribution in [-0.2, 0) is 0 Å². The smallest absolute Gasteiger partial charge is 0.196 e. The van der Waals surface area contributed by atoms with E-state index in [1.165, 1.54) is 0 Å². The van der Waals surface area contributed by atoms with Gasteiger partial charge in [0, 0.05) is 5.56 Å². The molecule has 0 heterocycles. The Bertz CT molecular complexity index is 786. The second kappa shape index (κ2) is 4.82. The highest BCUT2D eigenvalue weighted by Crippen LogP contribution is 2.27. The maximum Gasteiger partial charge on any atom is 0.196 e. The molecular weight excluding hydrogens is 248 g/mol. The van der Waals surface area contributed by atoms with Gasteiger partial charge in [0.25, 0.3) is 0 Å². The fourth-order valence-corrected chi connectivity index (χ4v) is 2.27. The molecule has 0 aliphatic carbocycles. The lowest BCUT2D eigenvalue weighted by Gasteiger charge is -2.07. The number of carbonyl (C=O) groups is 1. The zero-order valence-corrected chi connectivity index (χ0v) is 11.1. The number of hydrogen-bond acceptors (Lipinski definition) is 2. The van der Waals surface area contributed by atoms with Crippen LogP contribution < -0.4 is 0 Å². The minimum atomic E-state index is -0.159. The highest BCUT2D eigenvalue weighted by Gasteiger charge is 2.14. The highest BCUT2D eigenvalue weighted by atomic mass is 16.3. The third-order valence-electron chi connectivity index (χ3n) is 3.42. The van der Waals surface area contributed by atoms with Gasteiger partial charge in [-0.05, 0) is 29.8 Å². The first kappa shape index (κ1) is 12.4. The predicted octanol–water partition coefficient (Wildman–Crippen LogP) is 4.08. The van der Waals surface area contributed by atoms with Gasteiger partial charge in [0.15, 0.2) is 5.78 Å². The van der Waals surface area contributed by atoms with Gasteiger partial charge in [-0.3, -0.25) is 4.79 Å². The van der Waals surface area contributed by atoms with Crippen LogP contribution in [0.5, 0.6) is 5.75 Å². The lowest BCUT2D eigenvalue weighted by atomic mass is 9.98. The van der Waals surface area contributed by atoms with E-state index in [1.54, 1.807) is 24.3 Å². The van der Waals surface area contributed by atoms with Crippen LogP contribution >= 0.6 is 0 Å². The lowest BCUT2D eigenvalue weighted by molar-refractivity contribution is 0.103. The number of fused-ring (bicyclic) bond motifs is 1. The van der Waals surface area contributed by atoms with Gasteiger partial charge in [-0.2, -0.15) is 0 Å². The average Bonchev–Trinajstić information content (AvgIpc) is 2.46. The molecule has 0 fully saturated rings. The van der Waals surface area contributed by atoms with Crippen molar-refractivity contribution in [3.8, 4) is 5.75 Å². The summed E-state index contributed by atoms with van der Waals surface area (Å²) in [4.78, 5) is 12.5. The quantitative estimate of drug-likeness (QED) is 0.706. The van der Waals surface area contributed by atoms with Crippen LogP contribution in [0.2, 0.25) is 0 Å². The number of phenols is 1. The Balaban J connectivity index is 2.11. The molecule has 0 bridgehead atoms. The Morgan fingerprint density at radius 3 is 2.15 bits per heavy atom. The van der Waals surface area contributed by atoms with E-state index in [9.17, 15) is 9.90 Å². The van der Waals surface area contributed by atoms with E-state index in [0.29, 0.717) is 11.1 Å². The molecule has 2 nitrogen and oxygen atoms in total. The van der Waals surface area contributed by atoms with Crippen LogP contribution in [0.25, 0.3) is 10.8 Å². The second-order valence-electron chi connectivity index (χ2n) is 4.91. The molecule has 98 valence electrons. The summed E-state index contributed by atoms with van der Waals surface area (Å²) in [5.74, 6) is -0.137. The van der Waals surface area contributed by atoms with Crippen LogP contribution in [-0.4, -0.2) is 10.9 Å². The molecule has 3 aromatic rings. The zero-order chi connectivity index (χ0) is 14.1. The van der Waals surface area contributed by atoms with Gasteiger partial charge in [-0.1, -0.05) is 54.1 Å². The van der Waals surface area contributed by atoms with Crippen LogP contribution in [0.3, 0.4) is 0 Å². The van der Waals surface area contributed by atoms with E-state index in [2.05, 4.69) is 0 Å². The fraction of sp³-hybridized carbons (Fsp3) is 0.0556. The van der Waals surface area contributed by atoms with Crippen LogP contribution in [0.15, 0.2) is 60.7 Å². The first-order valence-corrected chi connectivity index (χ1v) is 6.48. The normalized spacial score (nSPS) is 10.7. The van der Waals surface area contributed by atoms with Crippen molar-refractivity contribution in [3.63, 3.8) is 0 Å². The zero-order valence-electron chi connectivity index (χ0n) is 11.1. The van der Waals surface area contributed by atoms with Gasteiger partial charge in [-0.25, -0.2) is 0 Å². The summed E-state index contributed by atoms with van der Waals surface area (Å²) in [6, 6.07) is 18.4. The van der Waals surface area contributed by atoms with Gasteiger partial charge in [-0.15, -0.1) is 0 Å². The molecule has 20 heavy (non-hydrogen) atoms. The molecule has 0 unspecified atom stereocenters. The number of carbonyl (C=O) groups excluding carboxylic acids is 1. The molecule has 0 amide bonds. The van der Waals surface area contributed by atoms with E-state index in [1.807, 2.05) is 43.3 Å². The summed E-state index contributed by atoms with van der Waals surface area (Å²) < 4.78 is 0. The third-order valence-corrected chi connectivity index (χ3v) is 3.42. The number of hydrogen-bond donors (Lipinski definition) is 1. The molecule has 3 rings (SSSR count). The largest absolute Gasteiger partial charge is 0.507 e. The molecule has 0 saturated heterocycles. The number of benzene rings is 3. The van der Waals surface area contributed by atoms with Crippen LogP contribution in [0.4, 0.5) is 0 Å². The van der Waals surface area contributed by atoms with Crippen molar-refractivity contribution >= 4 is 16.6 Å². The van der Waals surface area contributed by atoms with Gasteiger partial charge in [0.1, 0.15) is 5.75 Å². The Labute approximate surface area is 117 Å². The molecule has 1 N–H and O–H groups in total. The van der Waals surface area contributed by atoms with E-state index in [-0.39, 0.29) is 11.5 Å². The van der Waals surface area contributed by atoms with Crippen molar-refractivity contribution in [2.75, 3.05) is 0 Å². The molecule has 0 saturated carbocycles. The summed E-state index contributed by atoms with van der Waals surface area (Å²) in [6.07, 6.45) is 0. The van der Waals surface area contributed by atoms with Crippen molar-refractivity contribution in [2.45, 2.75) is 6.92 Å². The number of rotatable bonds is 2. The predicted molar refractivity (Wildman–Crippen MR) is 80.2 cm³/mol. The number of aryl methyl sites for hydroxylation is 1. The Hall–Kier alpha value is -2.61. The van der Waals surface area contributed by atoms with Gasteiger partial charge in [0.05, 0.1) is 5.56 Å². The van der Waals surface area contributed by atoms with Crippen molar-refractivity contribution < 1.29 is 9.90 Å². The van der Waals surface area contributed by atoms with Gasteiger partial charge in [0.2, 0.25) is 0 Å². The minimum Gasteiger partial charge on any atom is -0.507 e. The highest BCUT2D eigenvalue weighted by molar-refractivity contribution is 6.12. The molecule has 0 aromatic heterocycles. The van der Waals surface area contributed by atoms with Crippen molar-refractivity contribution in [1.82, 2.24) is 0 Å². The van der Waals surface area contributed by atoms with Crippen LogP contribution in [0, 0.1) is 6.92 Å². The van der Waals surface area contributed by atoms with Crippen molar-refractivity contribution in [2.24, 2.45) is 0 Å². The van der Waals surface area contributed by atoms with Crippen molar-refractivity contribution in [3.05, 3.63) is 77.4 Å². The summed E-state index contributed by atoms with van der Waals surface area (Å²) in [5.41, 5.74) is 2.03. The van der Waals surface area contributed by atoms with E-state index < -0.39 is 0 Å². The molecular formula is C18H14O2. The van der Waals surface area contributed by atoms with E-state index in [0.717, 1.165) is 16.3 Å². The molecule has 0 aliphatic rings. The second-order valence-corrected chi connectivity index (χ2v) is 4.91. The standard InChI is InChI=1S/C18H14O2/c1-12-6-8-13(9-7-12)18(20)16-10-14-4-2-3-5-15(14)11-17(16)19/h2-11,19H,1H3. The van der Waals surface area contributed by atoms with Crippen LogP contribution in [0.1, 0.15) is 21.5 Å².